The monoisotopic (exact) mass is 488 g/mol. The topological polar surface area (TPSA) is 82.1 Å². The first-order valence-electron chi connectivity index (χ1n) is 9.88. The molecule has 1 spiro atoms. The number of pyridine rings is 1. The second-order valence-electron chi connectivity index (χ2n) is 8.08. The lowest BCUT2D eigenvalue weighted by atomic mass is 9.81. The van der Waals surface area contributed by atoms with Crippen LogP contribution in [0.2, 0.25) is 5.02 Å². The highest BCUT2D eigenvalue weighted by Gasteiger charge is 2.50. The molecular weight excluding hydrogens is 468 g/mol. The van der Waals surface area contributed by atoms with Gasteiger partial charge in [-0.1, -0.05) is 23.7 Å². The molecule has 2 aliphatic rings. The van der Waals surface area contributed by atoms with Gasteiger partial charge in [0.2, 0.25) is 5.95 Å². The Morgan fingerprint density at radius 3 is 2.80 bits per heavy atom. The van der Waals surface area contributed by atoms with Crippen LogP contribution in [0.1, 0.15) is 36.4 Å². The Morgan fingerprint density at radius 2 is 2.10 bits per heavy atom. The highest BCUT2D eigenvalue weighted by Crippen LogP contribution is 2.56. The molecule has 2 aromatic heterocycles. The fraction of sp³-hybridized carbons (Fsp3) is 0.381. The van der Waals surface area contributed by atoms with Crippen LogP contribution in [-0.4, -0.2) is 33.4 Å². The van der Waals surface area contributed by atoms with Crippen molar-refractivity contribution in [2.75, 3.05) is 24.3 Å². The van der Waals surface area contributed by atoms with Gasteiger partial charge >= 0.3 is 0 Å². The highest BCUT2D eigenvalue weighted by atomic mass is 79.9. The number of nitrogen functional groups attached to an aromatic ring is 1. The normalized spacial score (nSPS) is 22.6. The molecule has 5 rings (SSSR count). The SMILES string of the molecule is COc1ccc(CN2C[C@@]3(CC[C@H](n4cnc(N)n4)C3)c3c2ncc(Br)c3Cl)cc1. The molecule has 1 saturated carbocycles. The summed E-state index contributed by atoms with van der Waals surface area (Å²) in [4.78, 5) is 11.2. The lowest BCUT2D eigenvalue weighted by molar-refractivity contribution is 0.408. The first-order valence-corrected chi connectivity index (χ1v) is 11.1. The summed E-state index contributed by atoms with van der Waals surface area (Å²) in [5.74, 6) is 2.14. The second-order valence-corrected chi connectivity index (χ2v) is 9.31. The van der Waals surface area contributed by atoms with E-state index in [1.54, 1.807) is 19.6 Å². The Hall–Kier alpha value is -2.32. The summed E-state index contributed by atoms with van der Waals surface area (Å²) < 4.78 is 8.02. The zero-order chi connectivity index (χ0) is 20.9. The van der Waals surface area contributed by atoms with Crippen LogP contribution < -0.4 is 15.4 Å². The summed E-state index contributed by atoms with van der Waals surface area (Å²) in [5, 5.41) is 5.11. The minimum Gasteiger partial charge on any atom is -0.497 e. The van der Waals surface area contributed by atoms with Crippen molar-refractivity contribution >= 4 is 39.3 Å². The van der Waals surface area contributed by atoms with Crippen LogP contribution >= 0.6 is 27.5 Å². The maximum absolute atomic E-state index is 6.83. The largest absolute Gasteiger partial charge is 0.497 e. The average Bonchev–Trinajstić information content (AvgIpc) is 3.44. The van der Waals surface area contributed by atoms with Crippen molar-refractivity contribution < 1.29 is 4.74 Å². The Bertz CT molecular complexity index is 1090. The number of fused-ring (bicyclic) bond motifs is 2. The molecule has 0 saturated heterocycles. The quantitative estimate of drug-likeness (QED) is 0.586. The van der Waals surface area contributed by atoms with Crippen molar-refractivity contribution in [1.29, 1.82) is 0 Å². The lowest BCUT2D eigenvalue weighted by Gasteiger charge is -2.26. The Kier molecular flexibility index (Phi) is 4.86. The third kappa shape index (κ3) is 3.22. The van der Waals surface area contributed by atoms with Gasteiger partial charge in [-0.15, -0.1) is 5.10 Å². The van der Waals surface area contributed by atoms with Gasteiger partial charge in [0, 0.05) is 30.3 Å². The van der Waals surface area contributed by atoms with Gasteiger partial charge in [-0.3, -0.25) is 0 Å². The van der Waals surface area contributed by atoms with E-state index in [-0.39, 0.29) is 11.5 Å². The van der Waals surface area contributed by atoms with Crippen molar-refractivity contribution in [3.63, 3.8) is 0 Å². The number of methoxy groups -OCH3 is 1. The zero-order valence-corrected chi connectivity index (χ0v) is 18.9. The van der Waals surface area contributed by atoms with Crippen molar-refractivity contribution in [2.24, 2.45) is 0 Å². The maximum Gasteiger partial charge on any atom is 0.239 e. The minimum absolute atomic E-state index is 0.0684. The van der Waals surface area contributed by atoms with Crippen LogP contribution in [0.3, 0.4) is 0 Å². The molecule has 0 amide bonds. The van der Waals surface area contributed by atoms with E-state index in [1.165, 1.54) is 5.56 Å². The van der Waals surface area contributed by atoms with Crippen molar-refractivity contribution in [3.05, 3.63) is 57.4 Å². The van der Waals surface area contributed by atoms with Gasteiger partial charge in [0.05, 0.1) is 22.6 Å². The molecular formula is C21H22BrClN6O. The number of aromatic nitrogens is 4. The van der Waals surface area contributed by atoms with Crippen LogP contribution in [0.25, 0.3) is 0 Å². The smallest absolute Gasteiger partial charge is 0.239 e. The molecule has 0 bridgehead atoms. The minimum atomic E-state index is -0.0684. The van der Waals surface area contributed by atoms with Gasteiger partial charge in [-0.2, -0.15) is 0 Å². The number of nitrogens with zero attached hydrogens (tertiary/aromatic N) is 5. The molecule has 156 valence electrons. The van der Waals surface area contributed by atoms with Crippen molar-refractivity contribution in [2.45, 2.75) is 37.3 Å². The molecule has 2 N–H and O–H groups in total. The predicted octanol–water partition coefficient (Wildman–Crippen LogP) is 4.36. The Balaban J connectivity index is 1.48. The summed E-state index contributed by atoms with van der Waals surface area (Å²) in [6.45, 7) is 1.64. The summed E-state index contributed by atoms with van der Waals surface area (Å²) in [6, 6.07) is 8.42. The molecule has 1 aliphatic carbocycles. The standard InChI is InChI=1S/C21H22BrClN6O/c1-30-15-4-2-13(3-5-15)10-28-11-21(17-18(23)16(22)9-25-19(17)28)7-6-14(8-21)29-12-26-20(24)27-29/h2-5,9,12,14H,6-8,10-11H2,1H3,(H2,24,27)/t14-,21-/m0/s1. The fourth-order valence-electron chi connectivity index (χ4n) is 4.93. The number of anilines is 2. The molecule has 7 nitrogen and oxygen atoms in total. The van der Waals surface area contributed by atoms with Crippen LogP contribution in [0.15, 0.2) is 41.3 Å². The highest BCUT2D eigenvalue weighted by molar-refractivity contribution is 9.10. The Labute approximate surface area is 188 Å². The van der Waals surface area contributed by atoms with Gasteiger partial charge in [0.1, 0.15) is 17.9 Å². The van der Waals surface area contributed by atoms with Gasteiger partial charge < -0.3 is 15.4 Å². The number of rotatable bonds is 4. The van der Waals surface area contributed by atoms with Crippen molar-refractivity contribution in [3.8, 4) is 5.75 Å². The average molecular weight is 490 g/mol. The molecule has 3 heterocycles. The predicted molar refractivity (Wildman–Crippen MR) is 120 cm³/mol. The van der Waals surface area contributed by atoms with E-state index in [0.717, 1.165) is 59.0 Å². The molecule has 1 aromatic carbocycles. The summed E-state index contributed by atoms with van der Waals surface area (Å²) in [7, 11) is 1.68. The molecule has 3 aromatic rings. The van der Waals surface area contributed by atoms with Crippen LogP contribution in [-0.2, 0) is 12.0 Å². The van der Waals surface area contributed by atoms with Crippen molar-refractivity contribution in [1.82, 2.24) is 19.7 Å². The molecule has 30 heavy (non-hydrogen) atoms. The first-order chi connectivity index (χ1) is 14.5. The van der Waals surface area contributed by atoms with E-state index < -0.39 is 0 Å². The summed E-state index contributed by atoms with van der Waals surface area (Å²) in [5.41, 5.74) is 8.02. The summed E-state index contributed by atoms with van der Waals surface area (Å²) in [6.07, 6.45) is 6.47. The Morgan fingerprint density at radius 1 is 1.30 bits per heavy atom. The third-order valence-corrected chi connectivity index (χ3v) is 7.51. The van der Waals surface area contributed by atoms with Gasteiger partial charge in [-0.05, 0) is 52.9 Å². The maximum atomic E-state index is 6.83. The lowest BCUT2D eigenvalue weighted by Crippen LogP contribution is -2.31. The number of nitrogens with two attached hydrogens (primary N) is 1. The van der Waals surface area contributed by atoms with E-state index in [1.807, 2.05) is 16.8 Å². The molecule has 1 aliphatic heterocycles. The van der Waals surface area contributed by atoms with Crippen LogP contribution in [0.5, 0.6) is 5.75 Å². The van der Waals surface area contributed by atoms with Crippen LogP contribution in [0.4, 0.5) is 11.8 Å². The van der Waals surface area contributed by atoms with Gasteiger partial charge in [0.25, 0.3) is 0 Å². The molecule has 9 heteroatoms. The number of halogens is 2. The zero-order valence-electron chi connectivity index (χ0n) is 16.6. The van der Waals surface area contributed by atoms with Crippen LogP contribution in [0, 0.1) is 0 Å². The van der Waals surface area contributed by atoms with E-state index >= 15 is 0 Å². The van der Waals surface area contributed by atoms with E-state index in [2.05, 4.69) is 43.0 Å². The van der Waals surface area contributed by atoms with Gasteiger partial charge in [0.15, 0.2) is 0 Å². The number of hydrogen-bond acceptors (Lipinski definition) is 6. The van der Waals surface area contributed by atoms with E-state index in [0.29, 0.717) is 5.95 Å². The molecule has 1 fully saturated rings. The summed E-state index contributed by atoms with van der Waals surface area (Å²) >= 11 is 10.4. The van der Waals surface area contributed by atoms with E-state index in [9.17, 15) is 0 Å². The second kappa shape index (κ2) is 7.42. The number of hydrogen-bond donors (Lipinski definition) is 1. The third-order valence-electron chi connectivity index (χ3n) is 6.29. The van der Waals surface area contributed by atoms with E-state index in [4.69, 9.17) is 27.1 Å². The van der Waals surface area contributed by atoms with Gasteiger partial charge in [-0.25, -0.2) is 14.6 Å². The fourth-order valence-corrected chi connectivity index (χ4v) is 5.56. The molecule has 2 atom stereocenters. The molecule has 0 radical (unpaired) electrons. The number of benzene rings is 1. The molecule has 0 unspecified atom stereocenters. The number of ether oxygens (including phenoxy) is 1. The first kappa shape index (κ1) is 19.6.